The number of esters is 2. The number of carbonyl (C=O) groups excluding carboxylic acids is 11. The van der Waals surface area contributed by atoms with E-state index in [1.807, 2.05) is 187 Å². The molecule has 0 saturated carbocycles. The van der Waals surface area contributed by atoms with Crippen molar-refractivity contribution < 1.29 is 70.6 Å². The molecule has 0 heterocycles. The first-order valence-electron chi connectivity index (χ1n) is 34.5. The summed E-state index contributed by atoms with van der Waals surface area (Å²) in [5.41, 5.74) is -2.04. The summed E-state index contributed by atoms with van der Waals surface area (Å²) in [6.45, 7) is 67.5. The van der Waals surface area contributed by atoms with Gasteiger partial charge in [0.05, 0.1) is 17.3 Å². The molecule has 0 aliphatic rings. The monoisotopic (exact) mass is 1360 g/mol. The molecule has 15 nitrogen and oxygen atoms in total. The zero-order chi connectivity index (χ0) is 77.7. The molecule has 0 radical (unpaired) electrons. The van der Waals surface area contributed by atoms with E-state index in [-0.39, 0.29) is 95.9 Å². The van der Waals surface area contributed by atoms with E-state index >= 15 is 0 Å². The fourth-order valence-corrected chi connectivity index (χ4v) is 5.19. The van der Waals surface area contributed by atoms with Crippen LogP contribution in [0.15, 0.2) is 0 Å². The molecule has 0 N–H and O–H groups in total. The van der Waals surface area contributed by atoms with Gasteiger partial charge in [0, 0.05) is 95.5 Å². The third-order valence-corrected chi connectivity index (χ3v) is 16.0. The highest BCUT2D eigenvalue weighted by atomic mass is 32.2. The van der Waals surface area contributed by atoms with Crippen LogP contribution in [0.4, 0.5) is 0 Å². The molecule has 0 aromatic heterocycles. The average Bonchev–Trinajstić information content (AvgIpc) is 0.992. The van der Waals surface area contributed by atoms with Gasteiger partial charge in [0.2, 0.25) is 0 Å². The van der Waals surface area contributed by atoms with E-state index in [2.05, 4.69) is 18.6 Å². The van der Waals surface area contributed by atoms with Crippen molar-refractivity contribution >= 4 is 73.8 Å². The zero-order valence-electron chi connectivity index (χ0n) is 68.5. The summed E-state index contributed by atoms with van der Waals surface area (Å²) in [5.74, 6) is 2.08. The third-order valence-electron chi connectivity index (χ3n) is 13.8. The van der Waals surface area contributed by atoms with E-state index in [9.17, 15) is 61.2 Å². The van der Waals surface area contributed by atoms with Crippen molar-refractivity contribution in [2.75, 3.05) is 13.4 Å². The molecule has 0 aromatic carbocycles. The van der Waals surface area contributed by atoms with Crippen LogP contribution in [-0.2, 0) is 72.1 Å². The van der Waals surface area contributed by atoms with Crippen molar-refractivity contribution in [1.29, 1.82) is 0 Å². The van der Waals surface area contributed by atoms with Gasteiger partial charge in [0.25, 0.3) is 0 Å². The van der Waals surface area contributed by atoms with Gasteiger partial charge < -0.3 is 19.1 Å². The Morgan fingerprint density at radius 2 is 0.489 bits per heavy atom. The summed E-state index contributed by atoms with van der Waals surface area (Å²) >= 11 is 0. The van der Waals surface area contributed by atoms with Gasteiger partial charge in [0.1, 0.15) is 57.7 Å². The van der Waals surface area contributed by atoms with Crippen molar-refractivity contribution in [3.8, 4) is 0 Å². The van der Waals surface area contributed by atoms with Crippen LogP contribution < -0.4 is 0 Å². The summed E-state index contributed by atoms with van der Waals surface area (Å²) in [7, 11) is -1.46. The first-order valence-corrected chi connectivity index (χ1v) is 36.3. The maximum absolute atomic E-state index is 11.5. The Balaban J connectivity index is -0.000000125. The highest BCUT2D eigenvalue weighted by Crippen LogP contribution is 2.24. The Morgan fingerprint density at radius 1 is 0.298 bits per heavy atom. The molecular weight excluding hydrogens is 1210 g/mol. The second-order valence-corrected chi connectivity index (χ2v) is 37.5. The molecule has 0 aliphatic heterocycles. The predicted octanol–water partition coefficient (Wildman–Crippen LogP) is 20.3. The van der Waals surface area contributed by atoms with Crippen LogP contribution in [0, 0.1) is 43.3 Å². The van der Waals surface area contributed by atoms with E-state index in [4.69, 9.17) is 4.74 Å². The van der Waals surface area contributed by atoms with Gasteiger partial charge >= 0.3 is 11.9 Å². The van der Waals surface area contributed by atoms with Crippen molar-refractivity contribution in [1.82, 2.24) is 0 Å². The average molecular weight is 1360 g/mol. The van der Waals surface area contributed by atoms with Crippen molar-refractivity contribution in [2.45, 2.75) is 382 Å². The van der Waals surface area contributed by atoms with E-state index < -0.39 is 20.0 Å². The number of unbranched alkanes of at least 4 members (excludes halogenated alkanes) is 6. The Morgan fingerprint density at radius 3 is 0.638 bits per heavy atom. The smallest absolute Gasteiger partial charge is 0.311 e. The summed E-state index contributed by atoms with van der Waals surface area (Å²) in [5, 5.41) is 0. The maximum Gasteiger partial charge on any atom is 0.311 e. The standard InChI is InChI=1S/C11H20O3.C11H20O2.C10H18O2.2C10H20O.C9H18O2.2C6H12O.C5H12O2S/c1-11(2,3)9(12)7-5-6-8-10(13)14-4;1-9(12)7-5-6-8-10(13)11(2,3)4;1-8(11)6-5-7-9(12)10(2,3)4;2*1-5-6-7-8-9(11)10(2,3)4;1-8(2,3)7(10)11-9(4,5)6;2*1-5(7)6(2,3)4;1-5(2,3)8(4,6)7/h5-8H2,1-4H3;5-8H2,1-4H3;5-7H2,1-4H3;2*5-8H2,1-4H3;1-6H3;2*1-4H3;1-4H3. The second-order valence-electron chi connectivity index (χ2n) is 34.8. The number of rotatable bonds is 22. The lowest BCUT2D eigenvalue weighted by Gasteiger charge is -2.25. The zero-order valence-corrected chi connectivity index (χ0v) is 69.3. The second kappa shape index (κ2) is 51.2. The minimum atomic E-state index is -2.84. The summed E-state index contributed by atoms with van der Waals surface area (Å²) in [4.78, 5) is 121. The van der Waals surface area contributed by atoms with Crippen LogP contribution in [0.3, 0.4) is 0 Å². The number of carbonyl (C=O) groups is 11. The first-order chi connectivity index (χ1) is 41.3. The number of hydrogen-bond acceptors (Lipinski definition) is 15. The molecule has 560 valence electrons. The minimum Gasteiger partial charge on any atom is -0.469 e. The Hall–Kier alpha value is -4.08. The van der Waals surface area contributed by atoms with Gasteiger partial charge in [-0.25, -0.2) is 8.42 Å². The van der Waals surface area contributed by atoms with Crippen LogP contribution in [0.1, 0.15) is 371 Å². The molecule has 16 heteroatoms. The number of ether oxygens (including phenoxy) is 2. The Bertz CT molecular complexity index is 2220. The van der Waals surface area contributed by atoms with Crippen LogP contribution >= 0.6 is 0 Å². The SMILES string of the molecule is CC(=O)C(C)(C)C.CC(=O)C(C)(C)C.CC(=O)CCCC(=O)C(C)(C)C.CC(=O)CCCCC(=O)C(C)(C)C.CC(C)(C)OC(=O)C(C)(C)C.CC(C)(C)S(C)(=O)=O.CCCCCC(=O)C(C)(C)C.CCCCCC(=O)C(C)(C)C.COC(=O)CCCCC(=O)C(C)(C)C. The molecule has 0 unspecified atom stereocenters. The van der Waals surface area contributed by atoms with Gasteiger partial charge in [-0.15, -0.1) is 0 Å². The lowest BCUT2D eigenvalue weighted by atomic mass is 9.88. The molecule has 0 rings (SSSR count). The number of hydrogen-bond donors (Lipinski definition) is 0. The quantitative estimate of drug-likeness (QED) is 0.0723. The Kier molecular flexibility index (Phi) is 59.1. The molecule has 0 atom stereocenters. The van der Waals surface area contributed by atoms with Gasteiger partial charge in [-0.1, -0.05) is 185 Å². The fourth-order valence-electron chi connectivity index (χ4n) is 5.19. The molecule has 94 heavy (non-hydrogen) atoms. The molecule has 0 fully saturated rings. The van der Waals surface area contributed by atoms with E-state index in [1.165, 1.54) is 39.0 Å². The number of ketones is 9. The van der Waals surface area contributed by atoms with Crippen LogP contribution in [-0.4, -0.2) is 96.1 Å². The molecule has 0 bridgehead atoms. The molecule has 0 saturated heterocycles. The molecule has 0 spiro atoms. The minimum absolute atomic E-state index is 0.131. The van der Waals surface area contributed by atoms with Gasteiger partial charge in [-0.05, 0) is 135 Å². The molecule has 0 amide bonds. The largest absolute Gasteiger partial charge is 0.469 e. The highest BCUT2D eigenvalue weighted by Gasteiger charge is 2.28. The van der Waals surface area contributed by atoms with Gasteiger partial charge in [-0.2, -0.15) is 0 Å². The van der Waals surface area contributed by atoms with Crippen LogP contribution in [0.2, 0.25) is 0 Å². The van der Waals surface area contributed by atoms with E-state index in [0.717, 1.165) is 51.4 Å². The summed E-state index contributed by atoms with van der Waals surface area (Å²) in [6.07, 6.45) is 16.8. The number of sulfone groups is 1. The first kappa shape index (κ1) is 109. The topological polar surface area (TPSA) is 240 Å². The molecular formula is C78H152O15S. The predicted molar refractivity (Wildman–Crippen MR) is 395 cm³/mol. The van der Waals surface area contributed by atoms with Crippen molar-refractivity contribution in [2.24, 2.45) is 43.3 Å². The highest BCUT2D eigenvalue weighted by molar-refractivity contribution is 7.92. The Labute approximate surface area is 580 Å². The summed E-state index contributed by atoms with van der Waals surface area (Å²) in [6, 6.07) is 0. The van der Waals surface area contributed by atoms with Crippen molar-refractivity contribution in [3.63, 3.8) is 0 Å². The van der Waals surface area contributed by atoms with Crippen molar-refractivity contribution in [3.05, 3.63) is 0 Å². The lowest BCUT2D eigenvalue weighted by molar-refractivity contribution is -0.164. The summed E-state index contributed by atoms with van der Waals surface area (Å²) < 4.78 is 30.4. The lowest BCUT2D eigenvalue weighted by Crippen LogP contribution is -2.31. The van der Waals surface area contributed by atoms with Gasteiger partial charge in [-0.3, -0.25) is 43.2 Å². The van der Waals surface area contributed by atoms with Crippen LogP contribution in [0.5, 0.6) is 0 Å². The maximum atomic E-state index is 11.5. The molecule has 0 aliphatic carbocycles. The molecule has 0 aromatic rings. The van der Waals surface area contributed by atoms with E-state index in [0.29, 0.717) is 56.5 Å². The van der Waals surface area contributed by atoms with E-state index in [1.54, 1.807) is 48.5 Å². The number of methoxy groups -OCH3 is 1. The third kappa shape index (κ3) is 82.2. The van der Waals surface area contributed by atoms with Crippen LogP contribution in [0.25, 0.3) is 0 Å². The normalized spacial score (nSPS) is 11.8. The fraction of sp³-hybridized carbons (Fsp3) is 0.859. The number of Topliss-reactive ketones (excluding diaryl/α,β-unsaturated/α-hetero) is 9. The van der Waals surface area contributed by atoms with Gasteiger partial charge in [0.15, 0.2) is 9.84 Å².